The van der Waals surface area contributed by atoms with E-state index in [1.807, 2.05) is 0 Å². The van der Waals surface area contributed by atoms with Crippen molar-refractivity contribution in [1.29, 1.82) is 0 Å². The molecule has 1 aliphatic heterocycles. The molecule has 0 unspecified atom stereocenters. The summed E-state index contributed by atoms with van der Waals surface area (Å²) >= 11 is 0. The molecule has 1 rings (SSSR count). The van der Waals surface area contributed by atoms with Crippen LogP contribution in [0.1, 0.15) is 7.43 Å². The number of morpholine rings is 1. The zero-order chi connectivity index (χ0) is 6.69. The Kier molecular flexibility index (Phi) is 4.26. The summed E-state index contributed by atoms with van der Waals surface area (Å²) in [5.74, 6) is 0. The molecule has 5 heteroatoms. The molecule has 0 aromatic heterocycles. The van der Waals surface area contributed by atoms with Gasteiger partial charge in [-0.25, -0.2) is 0 Å². The van der Waals surface area contributed by atoms with E-state index in [1.165, 1.54) is 0 Å². The van der Waals surface area contributed by atoms with Crippen molar-refractivity contribution in [3.63, 3.8) is 0 Å². The van der Waals surface area contributed by atoms with E-state index in [9.17, 15) is 8.42 Å². The van der Waals surface area contributed by atoms with Crippen LogP contribution >= 0.6 is 0 Å². The fourth-order valence-electron chi connectivity index (χ4n) is 0.586. The van der Waals surface area contributed by atoms with Crippen molar-refractivity contribution in [2.45, 2.75) is 7.43 Å². The molecule has 0 aromatic rings. The minimum atomic E-state index is -2.17. The summed E-state index contributed by atoms with van der Waals surface area (Å²) in [7, 11) is -2.17. The number of nitrogens with one attached hydrogen (secondary N) is 1. The molecule has 1 saturated heterocycles. The van der Waals surface area contributed by atoms with Crippen LogP contribution in [-0.4, -0.2) is 33.2 Å². The second-order valence-electron chi connectivity index (χ2n) is 1.63. The van der Waals surface area contributed by atoms with Crippen molar-refractivity contribution in [1.82, 2.24) is 5.32 Å². The summed E-state index contributed by atoms with van der Waals surface area (Å²) in [5, 5.41) is 2.97. The monoisotopic (exact) mass is 165 g/mol. The van der Waals surface area contributed by atoms with E-state index in [1.54, 1.807) is 0 Å². The van der Waals surface area contributed by atoms with Gasteiger partial charge in [-0.05, 0) is 0 Å². The summed E-state index contributed by atoms with van der Waals surface area (Å²) in [5.41, 5.74) is 0. The van der Waals surface area contributed by atoms with Gasteiger partial charge in [0.1, 0.15) is 0 Å². The maximum Gasteiger partial charge on any atom is 0.242 e. The predicted octanol–water partition coefficient (Wildman–Crippen LogP) is -0.749. The van der Waals surface area contributed by atoms with Crippen molar-refractivity contribution in [3.05, 3.63) is 0 Å². The Morgan fingerprint density at radius 2 is 2.20 bits per heavy atom. The summed E-state index contributed by atoms with van der Waals surface area (Å²) in [4.78, 5) is 0. The van der Waals surface area contributed by atoms with E-state index in [2.05, 4.69) is 5.32 Å². The van der Waals surface area contributed by atoms with Crippen LogP contribution < -0.4 is 5.32 Å². The summed E-state index contributed by atoms with van der Waals surface area (Å²) < 4.78 is 25.1. The lowest BCUT2D eigenvalue weighted by Gasteiger charge is -2.11. The van der Waals surface area contributed by atoms with Crippen LogP contribution in [0.3, 0.4) is 0 Å². The van der Waals surface area contributed by atoms with Crippen LogP contribution in [-0.2, 0) is 15.0 Å². The molecule has 10 heavy (non-hydrogen) atoms. The summed E-state index contributed by atoms with van der Waals surface area (Å²) in [6.07, 6.45) is 0. The average molecular weight is 165 g/mol. The highest BCUT2D eigenvalue weighted by Gasteiger charge is 2.06. The molecular formula is C5H11NO3S. The molecule has 0 spiro atoms. The quantitative estimate of drug-likeness (QED) is 0.480. The molecule has 0 atom stereocenters. The highest BCUT2D eigenvalue weighted by Crippen LogP contribution is 1.83. The SMILES string of the molecule is C.O=S(=O)=C1CNCCO1. The lowest BCUT2D eigenvalue weighted by atomic mass is 10.5. The lowest BCUT2D eigenvalue weighted by molar-refractivity contribution is 0.279. The van der Waals surface area contributed by atoms with Gasteiger partial charge in [-0.15, -0.1) is 0 Å². The zero-order valence-electron chi connectivity index (χ0n) is 4.75. The number of rotatable bonds is 0. The minimum absolute atomic E-state index is 0. The van der Waals surface area contributed by atoms with E-state index < -0.39 is 10.3 Å². The van der Waals surface area contributed by atoms with Crippen LogP contribution in [0.25, 0.3) is 0 Å². The standard InChI is InChI=1S/C4H7NO3S.CH4/c6-9(7)4-3-5-1-2-8-4;/h5H,1-3H2;1H4. The van der Waals surface area contributed by atoms with Crippen LogP contribution in [0, 0.1) is 0 Å². The van der Waals surface area contributed by atoms with E-state index in [4.69, 9.17) is 4.74 Å². The first-order valence-corrected chi connectivity index (χ1v) is 3.67. The molecular weight excluding hydrogens is 154 g/mol. The molecule has 0 aromatic carbocycles. The van der Waals surface area contributed by atoms with Crippen molar-refractivity contribution in [2.24, 2.45) is 0 Å². The van der Waals surface area contributed by atoms with E-state index in [0.29, 0.717) is 13.2 Å². The number of ether oxygens (including phenoxy) is 1. The molecule has 0 radical (unpaired) electrons. The van der Waals surface area contributed by atoms with E-state index in [-0.39, 0.29) is 12.5 Å². The van der Waals surface area contributed by atoms with Crippen LogP contribution in [0.15, 0.2) is 0 Å². The lowest BCUT2D eigenvalue weighted by Crippen LogP contribution is -2.35. The van der Waals surface area contributed by atoms with E-state index >= 15 is 0 Å². The van der Waals surface area contributed by atoms with E-state index in [0.717, 1.165) is 6.54 Å². The van der Waals surface area contributed by atoms with Crippen molar-refractivity contribution < 1.29 is 13.2 Å². The Hall–Kier alpha value is -0.390. The van der Waals surface area contributed by atoms with Crippen LogP contribution in [0.5, 0.6) is 0 Å². The summed E-state index contributed by atoms with van der Waals surface area (Å²) in [6, 6.07) is 0. The normalized spacial score (nSPS) is 17.8. The summed E-state index contributed by atoms with van der Waals surface area (Å²) in [6.45, 7) is 1.50. The second kappa shape index (κ2) is 4.43. The smallest absolute Gasteiger partial charge is 0.242 e. The Balaban J connectivity index is 0.000000810. The van der Waals surface area contributed by atoms with Gasteiger partial charge >= 0.3 is 0 Å². The fourth-order valence-corrected chi connectivity index (χ4v) is 0.985. The Labute approximate surface area is 61.7 Å². The van der Waals surface area contributed by atoms with Gasteiger partial charge in [0.15, 0.2) is 5.05 Å². The largest absolute Gasteiger partial charge is 0.333 e. The van der Waals surface area contributed by atoms with Crippen LogP contribution in [0.2, 0.25) is 0 Å². The maximum absolute atomic E-state index is 10.2. The van der Waals surface area contributed by atoms with Crippen molar-refractivity contribution in [3.8, 4) is 0 Å². The third-order valence-corrected chi connectivity index (χ3v) is 1.63. The third kappa shape index (κ3) is 2.47. The first-order valence-electron chi connectivity index (χ1n) is 2.59. The van der Waals surface area contributed by atoms with Crippen molar-refractivity contribution in [2.75, 3.05) is 19.7 Å². The van der Waals surface area contributed by atoms with Gasteiger partial charge in [-0.2, -0.15) is 8.42 Å². The van der Waals surface area contributed by atoms with Gasteiger partial charge in [0.05, 0.1) is 13.2 Å². The highest BCUT2D eigenvalue weighted by molar-refractivity contribution is 7.72. The van der Waals surface area contributed by atoms with Gasteiger partial charge in [-0.1, -0.05) is 7.43 Å². The average Bonchev–Trinajstić information content (AvgIpc) is 1.90. The molecule has 1 aliphatic rings. The predicted molar refractivity (Wildman–Crippen MR) is 39.5 cm³/mol. The van der Waals surface area contributed by atoms with Gasteiger partial charge < -0.3 is 10.1 Å². The number of hydrogen-bond acceptors (Lipinski definition) is 4. The molecule has 0 saturated carbocycles. The molecule has 0 aliphatic carbocycles. The minimum Gasteiger partial charge on any atom is -0.333 e. The van der Waals surface area contributed by atoms with Gasteiger partial charge in [-0.3, -0.25) is 0 Å². The van der Waals surface area contributed by atoms with Crippen LogP contribution in [0.4, 0.5) is 0 Å². The molecule has 0 amide bonds. The Morgan fingerprint density at radius 3 is 2.50 bits per heavy atom. The Morgan fingerprint density at radius 1 is 1.50 bits per heavy atom. The van der Waals surface area contributed by atoms with Crippen molar-refractivity contribution >= 4 is 15.3 Å². The first-order chi connectivity index (χ1) is 4.30. The second-order valence-corrected chi connectivity index (χ2v) is 2.56. The highest BCUT2D eigenvalue weighted by atomic mass is 32.2. The zero-order valence-corrected chi connectivity index (χ0v) is 5.57. The molecule has 4 nitrogen and oxygen atoms in total. The fraction of sp³-hybridized carbons (Fsp3) is 0.800. The molecule has 60 valence electrons. The Bertz CT molecular complexity index is 203. The third-order valence-electron chi connectivity index (χ3n) is 0.997. The molecule has 1 N–H and O–H groups in total. The first kappa shape index (κ1) is 9.61. The molecule has 1 fully saturated rings. The van der Waals surface area contributed by atoms with Gasteiger partial charge in [0.25, 0.3) is 0 Å². The molecule has 1 heterocycles. The number of hydrogen-bond donors (Lipinski definition) is 1. The maximum atomic E-state index is 10.2. The van der Waals surface area contributed by atoms with Gasteiger partial charge in [0.2, 0.25) is 10.3 Å². The van der Waals surface area contributed by atoms with Gasteiger partial charge in [0, 0.05) is 6.54 Å². The topological polar surface area (TPSA) is 55.4 Å². The molecule has 0 bridgehead atoms.